The summed E-state index contributed by atoms with van der Waals surface area (Å²) in [7, 11) is 0. The van der Waals surface area contributed by atoms with Crippen molar-refractivity contribution in [2.45, 2.75) is 31.7 Å². The zero-order valence-corrected chi connectivity index (χ0v) is 11.4. The van der Waals surface area contributed by atoms with E-state index in [-0.39, 0.29) is 29.2 Å². The topological polar surface area (TPSA) is 115 Å². The monoisotopic (exact) mass is 299 g/mol. The van der Waals surface area contributed by atoms with E-state index in [9.17, 15) is 14.9 Å². The van der Waals surface area contributed by atoms with Crippen LogP contribution in [-0.2, 0) is 4.79 Å². The molecule has 1 saturated carbocycles. The molecule has 0 spiro atoms. The molecular weight excluding hydrogens is 286 g/mol. The molecule has 9 heteroatoms. The molecule has 0 bridgehead atoms. The number of nitrogens with two attached hydrogens (primary N) is 1. The zero-order chi connectivity index (χ0) is 14.7. The number of hydrogen-bond donors (Lipinski definition) is 1. The average molecular weight is 300 g/mol. The molecule has 1 heterocycles. The van der Waals surface area contributed by atoms with Gasteiger partial charge in [0.2, 0.25) is 16.9 Å². The number of primary amides is 1. The normalized spacial score (nSPS) is 15.2. The number of anilines is 1. The molecule has 1 aliphatic rings. The second-order valence-electron chi connectivity index (χ2n) is 4.63. The maximum absolute atomic E-state index is 11.2. The third-order valence-corrected chi connectivity index (χ3v) is 3.58. The van der Waals surface area contributed by atoms with Gasteiger partial charge in [-0.05, 0) is 12.8 Å². The Morgan fingerprint density at radius 1 is 1.50 bits per heavy atom. The van der Waals surface area contributed by atoms with E-state index in [1.54, 1.807) is 4.90 Å². The van der Waals surface area contributed by atoms with Crippen molar-refractivity contribution in [2.24, 2.45) is 5.73 Å². The fourth-order valence-electron chi connectivity index (χ4n) is 2.48. The lowest BCUT2D eigenvalue weighted by Crippen LogP contribution is -2.41. The lowest BCUT2D eigenvalue weighted by atomic mass is 10.2. The Bertz CT molecular complexity index is 533. The van der Waals surface area contributed by atoms with Gasteiger partial charge in [-0.1, -0.05) is 24.4 Å². The first-order chi connectivity index (χ1) is 9.50. The van der Waals surface area contributed by atoms with Crippen LogP contribution in [-0.4, -0.2) is 33.4 Å². The highest BCUT2D eigenvalue weighted by Gasteiger charge is 2.32. The lowest BCUT2D eigenvalue weighted by molar-refractivity contribution is -0.384. The SMILES string of the molecule is NC(=O)CN(c1ncnc(Cl)c1[N+](=O)[O-])C1CCCC1. The summed E-state index contributed by atoms with van der Waals surface area (Å²) in [4.78, 5) is 30.9. The Balaban J connectivity index is 2.44. The van der Waals surface area contributed by atoms with Crippen molar-refractivity contribution in [3.8, 4) is 0 Å². The van der Waals surface area contributed by atoms with Crippen LogP contribution in [0.15, 0.2) is 6.33 Å². The molecule has 1 fully saturated rings. The van der Waals surface area contributed by atoms with E-state index >= 15 is 0 Å². The molecule has 20 heavy (non-hydrogen) atoms. The summed E-state index contributed by atoms with van der Waals surface area (Å²) < 4.78 is 0. The van der Waals surface area contributed by atoms with Gasteiger partial charge in [0.1, 0.15) is 6.33 Å². The zero-order valence-electron chi connectivity index (χ0n) is 10.7. The van der Waals surface area contributed by atoms with Crippen LogP contribution in [0.25, 0.3) is 0 Å². The Kier molecular flexibility index (Phi) is 4.33. The van der Waals surface area contributed by atoms with Crippen molar-refractivity contribution in [3.05, 3.63) is 21.6 Å². The van der Waals surface area contributed by atoms with Gasteiger partial charge in [-0.25, -0.2) is 9.97 Å². The van der Waals surface area contributed by atoms with E-state index in [1.807, 2.05) is 0 Å². The van der Waals surface area contributed by atoms with Gasteiger partial charge in [-0.15, -0.1) is 0 Å². The van der Waals surface area contributed by atoms with Crippen LogP contribution in [0.5, 0.6) is 0 Å². The molecule has 0 saturated heterocycles. The van der Waals surface area contributed by atoms with E-state index in [0.29, 0.717) is 0 Å². The molecule has 1 amide bonds. The molecule has 1 aromatic rings. The Hall–Kier alpha value is -1.96. The molecule has 1 aliphatic carbocycles. The maximum atomic E-state index is 11.2. The van der Waals surface area contributed by atoms with Gasteiger partial charge in [-0.3, -0.25) is 14.9 Å². The van der Waals surface area contributed by atoms with Crippen LogP contribution in [0.3, 0.4) is 0 Å². The summed E-state index contributed by atoms with van der Waals surface area (Å²) in [5.41, 5.74) is 4.85. The number of halogens is 1. The predicted octanol–water partition coefficient (Wildman–Crippen LogP) is 1.27. The standard InChI is InChI=1S/C11H14ClN5O3/c12-10-9(17(19)20)11(15-6-14-10)16(5-8(13)18)7-3-1-2-4-7/h6-7H,1-5H2,(H2,13,18). The number of rotatable bonds is 5. The molecule has 2 rings (SSSR count). The van der Waals surface area contributed by atoms with Crippen molar-refractivity contribution < 1.29 is 9.72 Å². The van der Waals surface area contributed by atoms with E-state index in [4.69, 9.17) is 17.3 Å². The van der Waals surface area contributed by atoms with Crippen molar-refractivity contribution in [1.29, 1.82) is 0 Å². The molecule has 1 aromatic heterocycles. The minimum absolute atomic E-state index is 0.00664. The van der Waals surface area contributed by atoms with Gasteiger partial charge >= 0.3 is 5.69 Å². The maximum Gasteiger partial charge on any atom is 0.348 e. The van der Waals surface area contributed by atoms with Gasteiger partial charge in [-0.2, -0.15) is 0 Å². The minimum atomic E-state index is -0.638. The molecule has 0 radical (unpaired) electrons. The largest absolute Gasteiger partial charge is 0.368 e. The fraction of sp³-hybridized carbons (Fsp3) is 0.545. The predicted molar refractivity (Wildman–Crippen MR) is 72.5 cm³/mol. The van der Waals surface area contributed by atoms with Gasteiger partial charge in [0.25, 0.3) is 0 Å². The van der Waals surface area contributed by atoms with Crippen molar-refractivity contribution in [1.82, 2.24) is 9.97 Å². The van der Waals surface area contributed by atoms with Crippen molar-refractivity contribution in [2.75, 3.05) is 11.4 Å². The number of aromatic nitrogens is 2. The summed E-state index contributed by atoms with van der Waals surface area (Å²) in [6.07, 6.45) is 4.84. The summed E-state index contributed by atoms with van der Waals surface area (Å²) in [6, 6.07) is 0.00664. The number of carbonyl (C=O) groups excluding carboxylic acids is 1. The van der Waals surface area contributed by atoms with Gasteiger partial charge in [0, 0.05) is 6.04 Å². The van der Waals surface area contributed by atoms with E-state index in [1.165, 1.54) is 0 Å². The van der Waals surface area contributed by atoms with Crippen LogP contribution in [0, 0.1) is 10.1 Å². The molecule has 8 nitrogen and oxygen atoms in total. The Morgan fingerprint density at radius 3 is 2.70 bits per heavy atom. The van der Waals surface area contributed by atoms with E-state index in [0.717, 1.165) is 32.0 Å². The second-order valence-corrected chi connectivity index (χ2v) is 4.98. The number of hydrogen-bond acceptors (Lipinski definition) is 6. The van der Waals surface area contributed by atoms with Gasteiger partial charge < -0.3 is 10.6 Å². The van der Waals surface area contributed by atoms with Gasteiger partial charge in [0.05, 0.1) is 11.5 Å². The highest BCUT2D eigenvalue weighted by Crippen LogP contribution is 2.35. The minimum Gasteiger partial charge on any atom is -0.368 e. The van der Waals surface area contributed by atoms with Crippen molar-refractivity contribution >= 4 is 29.0 Å². The third kappa shape index (κ3) is 2.96. The third-order valence-electron chi connectivity index (χ3n) is 3.30. The summed E-state index contributed by atoms with van der Waals surface area (Å²) in [5, 5.41) is 10.9. The summed E-state index contributed by atoms with van der Waals surface area (Å²) >= 11 is 5.78. The number of carbonyl (C=O) groups is 1. The summed E-state index contributed by atoms with van der Waals surface area (Å²) in [5.74, 6) is -0.512. The molecular formula is C11H14ClN5O3. The lowest BCUT2D eigenvalue weighted by Gasteiger charge is -2.28. The van der Waals surface area contributed by atoms with Crippen LogP contribution >= 0.6 is 11.6 Å². The van der Waals surface area contributed by atoms with Crippen LogP contribution < -0.4 is 10.6 Å². The number of amides is 1. The van der Waals surface area contributed by atoms with Crippen LogP contribution in [0.4, 0.5) is 11.5 Å². The molecule has 2 N–H and O–H groups in total. The smallest absolute Gasteiger partial charge is 0.348 e. The fourth-order valence-corrected chi connectivity index (χ4v) is 2.67. The Labute approximate surface area is 120 Å². The van der Waals surface area contributed by atoms with E-state index in [2.05, 4.69) is 9.97 Å². The molecule has 0 atom stereocenters. The highest BCUT2D eigenvalue weighted by molar-refractivity contribution is 6.31. The molecule has 0 aromatic carbocycles. The number of nitro groups is 1. The highest BCUT2D eigenvalue weighted by atomic mass is 35.5. The first kappa shape index (κ1) is 14.4. The molecule has 108 valence electrons. The first-order valence-corrected chi connectivity index (χ1v) is 6.58. The second kappa shape index (κ2) is 6.00. The van der Waals surface area contributed by atoms with Crippen molar-refractivity contribution in [3.63, 3.8) is 0 Å². The first-order valence-electron chi connectivity index (χ1n) is 6.20. The van der Waals surface area contributed by atoms with Crippen LogP contribution in [0.2, 0.25) is 5.15 Å². The number of nitrogens with zero attached hydrogens (tertiary/aromatic N) is 4. The molecule has 0 aliphatic heterocycles. The van der Waals surface area contributed by atoms with Crippen LogP contribution in [0.1, 0.15) is 25.7 Å². The molecule has 0 unspecified atom stereocenters. The summed E-state index contributed by atoms with van der Waals surface area (Å²) in [6.45, 7) is -0.126. The van der Waals surface area contributed by atoms with E-state index < -0.39 is 10.8 Å². The van der Waals surface area contributed by atoms with Gasteiger partial charge in [0.15, 0.2) is 0 Å². The quantitative estimate of drug-likeness (QED) is 0.497. The Morgan fingerprint density at radius 2 is 2.15 bits per heavy atom. The average Bonchev–Trinajstić information content (AvgIpc) is 2.88.